The Kier molecular flexibility index (Phi) is 4.03. The molecule has 0 amide bonds. The Morgan fingerprint density at radius 3 is 2.85 bits per heavy atom. The maximum absolute atomic E-state index is 11.9. The van der Waals surface area contributed by atoms with Gasteiger partial charge in [-0.15, -0.1) is 6.58 Å². The Morgan fingerprint density at radius 1 is 1.45 bits per heavy atom. The monoisotopic (exact) mass is 272 g/mol. The molecular weight excluding hydrogens is 256 g/mol. The van der Waals surface area contributed by atoms with Gasteiger partial charge in [0.25, 0.3) is 0 Å². The van der Waals surface area contributed by atoms with E-state index in [1.54, 1.807) is 18.2 Å². The first-order chi connectivity index (χ1) is 9.51. The molecule has 0 radical (unpaired) electrons. The van der Waals surface area contributed by atoms with Crippen LogP contribution in [0.15, 0.2) is 46.1 Å². The first-order valence-electron chi connectivity index (χ1n) is 6.38. The first-order valence-corrected chi connectivity index (χ1v) is 6.38. The Morgan fingerprint density at radius 2 is 2.20 bits per heavy atom. The molecule has 1 N–H and O–H groups in total. The molecule has 4 nitrogen and oxygen atoms in total. The number of benzene rings is 1. The van der Waals surface area contributed by atoms with E-state index in [0.29, 0.717) is 17.6 Å². The van der Waals surface area contributed by atoms with E-state index in [2.05, 4.69) is 6.58 Å². The molecular formula is C16H16O4. The number of carboxylic acids is 1. The molecule has 1 aromatic carbocycles. The van der Waals surface area contributed by atoms with E-state index in [-0.39, 0.29) is 6.42 Å². The molecule has 2 rings (SSSR count). The van der Waals surface area contributed by atoms with Gasteiger partial charge in [-0.05, 0) is 38.0 Å². The van der Waals surface area contributed by atoms with Crippen LogP contribution in [0.2, 0.25) is 0 Å². The molecule has 0 spiro atoms. The average Bonchev–Trinajstić information content (AvgIpc) is 2.39. The normalized spacial score (nSPS) is 12.2. The van der Waals surface area contributed by atoms with Gasteiger partial charge >= 0.3 is 11.6 Å². The maximum atomic E-state index is 11.9. The van der Waals surface area contributed by atoms with Gasteiger partial charge in [0.15, 0.2) is 0 Å². The highest BCUT2D eigenvalue weighted by molar-refractivity contribution is 5.78. The van der Waals surface area contributed by atoms with Crippen molar-refractivity contribution in [1.29, 1.82) is 0 Å². The molecule has 0 bridgehead atoms. The van der Waals surface area contributed by atoms with Gasteiger partial charge in [0, 0.05) is 10.9 Å². The van der Waals surface area contributed by atoms with Crippen LogP contribution in [0.25, 0.3) is 11.0 Å². The second kappa shape index (κ2) is 5.74. The summed E-state index contributed by atoms with van der Waals surface area (Å²) in [4.78, 5) is 23.0. The average molecular weight is 272 g/mol. The fourth-order valence-electron chi connectivity index (χ4n) is 2.17. The molecule has 2 aromatic rings. The SMILES string of the molecule is C=CCC(Cc1cc2cc(C)ccc2oc1=O)C(=O)O. The third kappa shape index (κ3) is 2.96. The highest BCUT2D eigenvalue weighted by Crippen LogP contribution is 2.18. The second-order valence-electron chi connectivity index (χ2n) is 4.86. The van der Waals surface area contributed by atoms with Gasteiger partial charge in [-0.3, -0.25) is 4.79 Å². The van der Waals surface area contributed by atoms with Gasteiger partial charge in [-0.2, -0.15) is 0 Å². The molecule has 1 atom stereocenters. The summed E-state index contributed by atoms with van der Waals surface area (Å²) >= 11 is 0. The smallest absolute Gasteiger partial charge is 0.339 e. The number of rotatable bonds is 5. The molecule has 0 aliphatic rings. The minimum Gasteiger partial charge on any atom is -0.481 e. The van der Waals surface area contributed by atoms with Crippen LogP contribution in [-0.2, 0) is 11.2 Å². The lowest BCUT2D eigenvalue weighted by Crippen LogP contribution is -2.19. The van der Waals surface area contributed by atoms with Crippen LogP contribution in [-0.4, -0.2) is 11.1 Å². The number of carboxylic acid groups (broad SMARTS) is 1. The van der Waals surface area contributed by atoms with Crippen molar-refractivity contribution in [2.75, 3.05) is 0 Å². The Labute approximate surface area is 116 Å². The van der Waals surface area contributed by atoms with Crippen molar-refractivity contribution in [1.82, 2.24) is 0 Å². The minimum absolute atomic E-state index is 0.146. The third-order valence-corrected chi connectivity index (χ3v) is 3.23. The number of aliphatic carboxylic acids is 1. The predicted molar refractivity (Wildman–Crippen MR) is 76.9 cm³/mol. The van der Waals surface area contributed by atoms with Crippen LogP contribution >= 0.6 is 0 Å². The zero-order valence-electron chi connectivity index (χ0n) is 11.3. The number of hydrogen-bond donors (Lipinski definition) is 1. The fourth-order valence-corrected chi connectivity index (χ4v) is 2.17. The number of aryl methyl sites for hydroxylation is 1. The van der Waals surface area contributed by atoms with Crippen molar-refractivity contribution >= 4 is 16.9 Å². The maximum Gasteiger partial charge on any atom is 0.339 e. The van der Waals surface area contributed by atoms with Crippen LogP contribution in [0, 0.1) is 12.8 Å². The minimum atomic E-state index is -0.936. The highest BCUT2D eigenvalue weighted by atomic mass is 16.4. The number of carbonyl (C=O) groups is 1. The van der Waals surface area contributed by atoms with Gasteiger partial charge < -0.3 is 9.52 Å². The lowest BCUT2D eigenvalue weighted by molar-refractivity contribution is -0.141. The molecule has 104 valence electrons. The van der Waals surface area contributed by atoms with Gasteiger partial charge in [0.2, 0.25) is 0 Å². The molecule has 0 saturated heterocycles. The van der Waals surface area contributed by atoms with Crippen LogP contribution in [0.3, 0.4) is 0 Å². The van der Waals surface area contributed by atoms with E-state index in [1.807, 2.05) is 19.1 Å². The van der Waals surface area contributed by atoms with Gasteiger partial charge in [-0.1, -0.05) is 17.7 Å². The number of fused-ring (bicyclic) bond motifs is 1. The van der Waals surface area contributed by atoms with Crippen molar-refractivity contribution in [3.8, 4) is 0 Å². The van der Waals surface area contributed by atoms with E-state index in [1.165, 1.54) is 0 Å². The van der Waals surface area contributed by atoms with Crippen molar-refractivity contribution in [3.05, 3.63) is 58.5 Å². The van der Waals surface area contributed by atoms with E-state index >= 15 is 0 Å². The largest absolute Gasteiger partial charge is 0.481 e. The second-order valence-corrected chi connectivity index (χ2v) is 4.86. The van der Waals surface area contributed by atoms with Crippen LogP contribution in [0.4, 0.5) is 0 Å². The summed E-state index contributed by atoms with van der Waals surface area (Å²) < 4.78 is 5.23. The summed E-state index contributed by atoms with van der Waals surface area (Å²) in [5, 5.41) is 9.94. The Hall–Kier alpha value is -2.36. The van der Waals surface area contributed by atoms with E-state index in [4.69, 9.17) is 9.52 Å². The molecule has 1 unspecified atom stereocenters. The predicted octanol–water partition coefficient (Wildman–Crippen LogP) is 2.92. The summed E-state index contributed by atoms with van der Waals surface area (Å²) in [5.41, 5.74) is 1.48. The van der Waals surface area contributed by atoms with Gasteiger partial charge in [0.1, 0.15) is 5.58 Å². The van der Waals surface area contributed by atoms with Crippen LogP contribution in [0.1, 0.15) is 17.5 Å². The summed E-state index contributed by atoms with van der Waals surface area (Å²) in [6.45, 7) is 5.49. The summed E-state index contributed by atoms with van der Waals surface area (Å²) in [5.74, 6) is -1.59. The molecule has 1 aromatic heterocycles. The van der Waals surface area contributed by atoms with Crippen molar-refractivity contribution < 1.29 is 14.3 Å². The zero-order valence-corrected chi connectivity index (χ0v) is 11.3. The van der Waals surface area contributed by atoms with E-state index < -0.39 is 17.5 Å². The molecule has 4 heteroatoms. The molecule has 0 aliphatic carbocycles. The van der Waals surface area contributed by atoms with Crippen molar-refractivity contribution in [2.45, 2.75) is 19.8 Å². The lowest BCUT2D eigenvalue weighted by atomic mass is 9.96. The van der Waals surface area contributed by atoms with Crippen LogP contribution in [0.5, 0.6) is 0 Å². The lowest BCUT2D eigenvalue weighted by Gasteiger charge is -2.09. The molecule has 0 saturated carbocycles. The zero-order chi connectivity index (χ0) is 14.7. The number of allylic oxidation sites excluding steroid dienone is 1. The summed E-state index contributed by atoms with van der Waals surface area (Å²) in [7, 11) is 0. The quantitative estimate of drug-likeness (QED) is 0.671. The Balaban J connectivity index is 2.43. The summed E-state index contributed by atoms with van der Waals surface area (Å²) in [6.07, 6.45) is 2.01. The topological polar surface area (TPSA) is 67.5 Å². The number of hydrogen-bond acceptors (Lipinski definition) is 3. The third-order valence-electron chi connectivity index (χ3n) is 3.23. The van der Waals surface area contributed by atoms with Gasteiger partial charge in [0.05, 0.1) is 5.92 Å². The highest BCUT2D eigenvalue weighted by Gasteiger charge is 2.19. The van der Waals surface area contributed by atoms with Crippen LogP contribution < -0.4 is 5.63 Å². The summed E-state index contributed by atoms with van der Waals surface area (Å²) in [6, 6.07) is 7.23. The van der Waals surface area contributed by atoms with E-state index in [0.717, 1.165) is 10.9 Å². The Bertz CT molecular complexity index is 712. The standard InChI is InChI=1S/C16H16O4/c1-3-4-11(15(17)18)8-13-9-12-7-10(2)5-6-14(12)20-16(13)19/h3,5-7,9,11H,1,4,8H2,2H3,(H,17,18). The molecule has 1 heterocycles. The van der Waals surface area contributed by atoms with Crippen molar-refractivity contribution in [2.24, 2.45) is 5.92 Å². The molecule has 20 heavy (non-hydrogen) atoms. The molecule has 0 fully saturated rings. The fraction of sp³-hybridized carbons (Fsp3) is 0.250. The van der Waals surface area contributed by atoms with Crippen molar-refractivity contribution in [3.63, 3.8) is 0 Å². The van der Waals surface area contributed by atoms with Gasteiger partial charge in [-0.25, -0.2) is 4.79 Å². The first kappa shape index (κ1) is 14.1. The molecule has 0 aliphatic heterocycles. The van der Waals surface area contributed by atoms with E-state index in [9.17, 15) is 9.59 Å².